The third kappa shape index (κ3) is 6.57. The lowest BCUT2D eigenvalue weighted by molar-refractivity contribution is -0.117. The van der Waals surface area contributed by atoms with Crippen LogP contribution in [0.2, 0.25) is 5.02 Å². The van der Waals surface area contributed by atoms with E-state index in [9.17, 15) is 9.59 Å². The monoisotopic (exact) mass is 464 g/mol. The van der Waals surface area contributed by atoms with E-state index in [1.54, 1.807) is 42.5 Å². The molecular weight excluding hydrogens is 440 g/mol. The van der Waals surface area contributed by atoms with Gasteiger partial charge in [-0.25, -0.2) is 5.43 Å². The topological polar surface area (TPSA) is 86.9 Å². The van der Waals surface area contributed by atoms with Gasteiger partial charge in [0.2, 0.25) is 0 Å². The molecule has 0 aliphatic rings. The predicted octanol–water partition coefficient (Wildman–Crippen LogP) is 4.70. The molecule has 1 aromatic heterocycles. The highest BCUT2D eigenvalue weighted by Gasteiger charge is 2.16. The summed E-state index contributed by atoms with van der Waals surface area (Å²) in [6.45, 7) is 5.96. The number of hydrogen-bond acceptors (Lipinski definition) is 5. The minimum Gasteiger partial charge on any atom is -0.463 e. The number of halogens is 1. The van der Waals surface area contributed by atoms with Gasteiger partial charge in [0, 0.05) is 18.8 Å². The number of rotatable bonds is 9. The van der Waals surface area contributed by atoms with E-state index in [-0.39, 0.29) is 16.3 Å². The van der Waals surface area contributed by atoms with Crippen LogP contribution in [0.5, 0.6) is 0 Å². The quantitative estimate of drug-likeness (QED) is 0.273. The maximum Gasteiger partial charge on any atom is 0.287 e. The third-order valence-corrected chi connectivity index (χ3v) is 5.17. The largest absolute Gasteiger partial charge is 0.463 e. The molecule has 3 aromatic rings. The number of nitrogens with zero attached hydrogens (tertiary/aromatic N) is 2. The number of amides is 2. The van der Waals surface area contributed by atoms with Crippen LogP contribution in [0.3, 0.4) is 0 Å². The van der Waals surface area contributed by atoms with Gasteiger partial charge in [0.1, 0.15) is 11.5 Å². The number of benzene rings is 2. The van der Waals surface area contributed by atoms with E-state index in [0.717, 1.165) is 24.3 Å². The second-order valence-corrected chi connectivity index (χ2v) is 7.38. The van der Waals surface area contributed by atoms with Crippen molar-refractivity contribution >= 4 is 41.4 Å². The minimum atomic E-state index is -0.592. The second-order valence-electron chi connectivity index (χ2n) is 6.97. The average molecular weight is 465 g/mol. The summed E-state index contributed by atoms with van der Waals surface area (Å²) in [5.74, 6) is -0.615. The van der Waals surface area contributed by atoms with Gasteiger partial charge in [-0.1, -0.05) is 35.9 Å². The Morgan fingerprint density at radius 1 is 1.03 bits per heavy atom. The lowest BCUT2D eigenvalue weighted by Crippen LogP contribution is -2.33. The summed E-state index contributed by atoms with van der Waals surface area (Å²) < 4.78 is 5.15. The van der Waals surface area contributed by atoms with Crippen LogP contribution in [0.25, 0.3) is 6.08 Å². The number of hydrazone groups is 1. The van der Waals surface area contributed by atoms with E-state index in [1.165, 1.54) is 12.5 Å². The average Bonchev–Trinajstić information content (AvgIpc) is 3.34. The van der Waals surface area contributed by atoms with E-state index < -0.39 is 11.8 Å². The molecule has 0 saturated carbocycles. The van der Waals surface area contributed by atoms with Crippen molar-refractivity contribution in [2.75, 3.05) is 18.0 Å². The molecule has 7 nitrogen and oxygen atoms in total. The van der Waals surface area contributed by atoms with Crippen LogP contribution < -0.4 is 15.6 Å². The van der Waals surface area contributed by atoms with Gasteiger partial charge in [0.25, 0.3) is 11.8 Å². The summed E-state index contributed by atoms with van der Waals surface area (Å²) in [7, 11) is 0. The SMILES string of the molecule is CCN(CC)c1ccc(C=C(NC(=O)c2ccccc2Cl)C(=O)NN=Cc2ccco2)cc1. The number of carbonyl (C=O) groups is 2. The van der Waals surface area contributed by atoms with E-state index in [1.807, 2.05) is 24.3 Å². The molecule has 2 aromatic carbocycles. The first-order valence-corrected chi connectivity index (χ1v) is 10.9. The van der Waals surface area contributed by atoms with E-state index >= 15 is 0 Å². The fourth-order valence-electron chi connectivity index (χ4n) is 3.11. The lowest BCUT2D eigenvalue weighted by Gasteiger charge is -2.21. The smallest absolute Gasteiger partial charge is 0.287 e. The van der Waals surface area contributed by atoms with Crippen LogP contribution in [-0.2, 0) is 4.79 Å². The highest BCUT2D eigenvalue weighted by atomic mass is 35.5. The zero-order valence-corrected chi connectivity index (χ0v) is 19.2. The molecule has 1 heterocycles. The van der Waals surface area contributed by atoms with Crippen molar-refractivity contribution in [3.05, 3.63) is 94.5 Å². The fraction of sp³-hybridized carbons (Fsp3) is 0.160. The minimum absolute atomic E-state index is 0.0205. The van der Waals surface area contributed by atoms with Crippen molar-refractivity contribution in [3.8, 4) is 0 Å². The Labute approximate surface area is 197 Å². The summed E-state index contributed by atoms with van der Waals surface area (Å²) in [6, 6.07) is 17.7. The van der Waals surface area contributed by atoms with Gasteiger partial charge >= 0.3 is 0 Å². The summed E-state index contributed by atoms with van der Waals surface area (Å²) in [4.78, 5) is 27.8. The van der Waals surface area contributed by atoms with Gasteiger partial charge in [0.15, 0.2) is 0 Å². The number of carbonyl (C=O) groups excluding carboxylic acids is 2. The Morgan fingerprint density at radius 2 is 1.76 bits per heavy atom. The Balaban J connectivity index is 1.84. The number of nitrogens with one attached hydrogen (secondary N) is 2. The molecule has 0 unspecified atom stereocenters. The molecule has 0 spiro atoms. The van der Waals surface area contributed by atoms with Crippen molar-refractivity contribution < 1.29 is 14.0 Å². The molecule has 0 radical (unpaired) electrons. The number of anilines is 1. The third-order valence-electron chi connectivity index (χ3n) is 4.85. The van der Waals surface area contributed by atoms with Crippen LogP contribution in [0.15, 0.2) is 82.1 Å². The fourth-order valence-corrected chi connectivity index (χ4v) is 3.33. The van der Waals surface area contributed by atoms with Crippen LogP contribution in [0, 0.1) is 0 Å². The maximum atomic E-state index is 12.8. The van der Waals surface area contributed by atoms with E-state index in [0.29, 0.717) is 5.76 Å². The summed E-state index contributed by atoms with van der Waals surface area (Å²) >= 11 is 6.14. The van der Waals surface area contributed by atoms with Gasteiger partial charge in [-0.15, -0.1) is 0 Å². The van der Waals surface area contributed by atoms with Crippen molar-refractivity contribution in [1.29, 1.82) is 0 Å². The van der Waals surface area contributed by atoms with Crippen LogP contribution in [0.1, 0.15) is 35.5 Å². The lowest BCUT2D eigenvalue weighted by atomic mass is 10.1. The molecule has 8 heteroatoms. The van der Waals surface area contributed by atoms with Crippen LogP contribution in [-0.4, -0.2) is 31.1 Å². The van der Waals surface area contributed by atoms with Gasteiger partial charge < -0.3 is 14.6 Å². The van der Waals surface area contributed by atoms with Gasteiger partial charge in [-0.2, -0.15) is 5.10 Å². The summed E-state index contributed by atoms with van der Waals surface area (Å²) in [5.41, 5.74) is 4.50. The van der Waals surface area contributed by atoms with E-state index in [4.69, 9.17) is 16.0 Å². The van der Waals surface area contributed by atoms with Crippen molar-refractivity contribution in [1.82, 2.24) is 10.7 Å². The Hall–Kier alpha value is -3.84. The first-order chi connectivity index (χ1) is 16.0. The highest BCUT2D eigenvalue weighted by molar-refractivity contribution is 6.34. The summed E-state index contributed by atoms with van der Waals surface area (Å²) in [6.07, 6.45) is 4.45. The Morgan fingerprint density at radius 3 is 2.39 bits per heavy atom. The molecule has 33 heavy (non-hydrogen) atoms. The molecular formula is C25H25ClN4O3. The molecule has 0 aliphatic heterocycles. The normalized spacial score (nSPS) is 11.4. The molecule has 0 atom stereocenters. The zero-order chi connectivity index (χ0) is 23.6. The number of hydrogen-bond donors (Lipinski definition) is 2. The van der Waals surface area contributed by atoms with Gasteiger partial charge in [-0.3, -0.25) is 9.59 Å². The zero-order valence-electron chi connectivity index (χ0n) is 18.4. The highest BCUT2D eigenvalue weighted by Crippen LogP contribution is 2.18. The maximum absolute atomic E-state index is 12.8. The van der Waals surface area contributed by atoms with Crippen molar-refractivity contribution in [2.45, 2.75) is 13.8 Å². The van der Waals surface area contributed by atoms with Crippen LogP contribution >= 0.6 is 11.6 Å². The number of furan rings is 1. The first kappa shape index (κ1) is 23.8. The standard InChI is InChI=1S/C25H25ClN4O3/c1-3-30(4-2)19-13-11-18(12-14-19)16-23(25(32)29-27-17-20-8-7-15-33-20)28-24(31)21-9-5-6-10-22(21)26/h5-17H,3-4H2,1-2H3,(H,28,31)(H,29,32). The molecule has 0 fully saturated rings. The molecule has 0 aliphatic carbocycles. The van der Waals surface area contributed by atoms with E-state index in [2.05, 4.69) is 34.6 Å². The van der Waals surface area contributed by atoms with Gasteiger partial charge in [-0.05, 0) is 61.9 Å². The van der Waals surface area contributed by atoms with Gasteiger partial charge in [0.05, 0.1) is 23.1 Å². The van der Waals surface area contributed by atoms with Crippen molar-refractivity contribution in [3.63, 3.8) is 0 Å². The van der Waals surface area contributed by atoms with Crippen molar-refractivity contribution in [2.24, 2.45) is 5.10 Å². The molecule has 170 valence electrons. The molecule has 0 bridgehead atoms. The molecule has 2 amide bonds. The molecule has 3 rings (SSSR count). The first-order valence-electron chi connectivity index (χ1n) is 10.5. The Kier molecular flexibility index (Phi) is 8.43. The van der Waals surface area contributed by atoms with Crippen LogP contribution in [0.4, 0.5) is 5.69 Å². The summed E-state index contributed by atoms with van der Waals surface area (Å²) in [5, 5.41) is 6.82. The Bertz CT molecular complexity index is 1130. The second kappa shape index (κ2) is 11.7. The predicted molar refractivity (Wildman–Crippen MR) is 131 cm³/mol. The molecule has 2 N–H and O–H groups in total. The molecule has 0 saturated heterocycles.